The van der Waals surface area contributed by atoms with Crippen LogP contribution in [-0.4, -0.2) is 23.4 Å². The quantitative estimate of drug-likeness (QED) is 0.571. The highest BCUT2D eigenvalue weighted by Crippen LogP contribution is 2.28. The van der Waals surface area contributed by atoms with Crippen LogP contribution in [0.15, 0.2) is 57.1 Å². The van der Waals surface area contributed by atoms with E-state index in [9.17, 15) is 4.79 Å². The highest BCUT2D eigenvalue weighted by atomic mass is 79.9. The number of carbonyl (C=O) groups excluding carboxylic acids is 1. The monoisotopic (exact) mass is 515 g/mol. The van der Waals surface area contributed by atoms with E-state index in [1.807, 2.05) is 32.0 Å². The molecule has 29 heavy (non-hydrogen) atoms. The topological polar surface area (TPSA) is 106 Å². The smallest absolute Gasteiger partial charge is 0.248 e. The zero-order valence-corrected chi connectivity index (χ0v) is 19.1. The Morgan fingerprint density at radius 2 is 1.66 bits per heavy atom. The summed E-state index contributed by atoms with van der Waals surface area (Å²) in [5, 5.41) is 20.8. The van der Waals surface area contributed by atoms with Crippen LogP contribution in [0.5, 0.6) is 0 Å². The van der Waals surface area contributed by atoms with Gasteiger partial charge in [0, 0.05) is 26.8 Å². The molecule has 0 saturated carbocycles. The Hall–Kier alpha value is -2.81. The number of carbonyl (C=O) groups is 1. The van der Waals surface area contributed by atoms with Crippen LogP contribution in [-0.2, 0) is 4.79 Å². The molecule has 1 heterocycles. The van der Waals surface area contributed by atoms with E-state index in [0.29, 0.717) is 29.0 Å². The van der Waals surface area contributed by atoms with Crippen molar-refractivity contribution in [3.8, 4) is 12.1 Å². The highest BCUT2D eigenvalue weighted by Gasteiger charge is 2.24. The second kappa shape index (κ2) is 10.1. The number of halogens is 2. The maximum atomic E-state index is 11.8. The van der Waals surface area contributed by atoms with Gasteiger partial charge in [0.25, 0.3) is 0 Å². The van der Waals surface area contributed by atoms with Crippen molar-refractivity contribution < 1.29 is 4.79 Å². The van der Waals surface area contributed by atoms with Gasteiger partial charge in [-0.05, 0) is 70.0 Å². The van der Waals surface area contributed by atoms with Gasteiger partial charge in [-0.25, -0.2) is 0 Å². The van der Waals surface area contributed by atoms with E-state index in [0.717, 1.165) is 14.6 Å². The standard InChI is InChI=1S/C14H14BrN3O.C7H5BrN2/c1-9(2)18-8-11(6-13(18)19)17-14-10(7-16)4-3-5-12(14)15;8-6-3-1-2-5(4-9)7(6)10/h3-6,9,17H,8H2,1-2H3;1-3H,10H2. The lowest BCUT2D eigenvalue weighted by atomic mass is 10.2. The molecule has 0 bridgehead atoms. The molecule has 0 aliphatic carbocycles. The third kappa shape index (κ3) is 5.60. The van der Waals surface area contributed by atoms with Gasteiger partial charge in [0.2, 0.25) is 5.91 Å². The van der Waals surface area contributed by atoms with Crippen molar-refractivity contribution in [1.82, 2.24) is 4.90 Å². The number of nitrogens with zero attached hydrogens (tertiary/aromatic N) is 3. The van der Waals surface area contributed by atoms with Gasteiger partial charge in [-0.2, -0.15) is 10.5 Å². The molecule has 0 atom stereocenters. The third-order valence-electron chi connectivity index (χ3n) is 4.14. The van der Waals surface area contributed by atoms with Gasteiger partial charge in [-0.3, -0.25) is 4.79 Å². The van der Waals surface area contributed by atoms with Gasteiger partial charge >= 0.3 is 0 Å². The Bertz CT molecular complexity index is 1030. The number of rotatable bonds is 3. The van der Waals surface area contributed by atoms with Crippen LogP contribution in [0, 0.1) is 22.7 Å². The lowest BCUT2D eigenvalue weighted by molar-refractivity contribution is -0.125. The Labute approximate surface area is 186 Å². The predicted octanol–water partition coefficient (Wildman–Crippen LogP) is 4.77. The van der Waals surface area contributed by atoms with Crippen LogP contribution in [0.25, 0.3) is 0 Å². The number of hydrogen-bond donors (Lipinski definition) is 2. The summed E-state index contributed by atoms with van der Waals surface area (Å²) in [6.07, 6.45) is 1.58. The van der Waals surface area contributed by atoms with Crippen molar-refractivity contribution >= 4 is 49.1 Å². The van der Waals surface area contributed by atoms with E-state index in [1.165, 1.54) is 0 Å². The number of nitrogens with one attached hydrogen (secondary N) is 1. The fraction of sp³-hybridized carbons (Fsp3) is 0.190. The van der Waals surface area contributed by atoms with E-state index >= 15 is 0 Å². The number of nitrogens with two attached hydrogens (primary N) is 1. The Kier molecular flexibility index (Phi) is 7.83. The molecule has 0 spiro atoms. The number of nitrogen functional groups attached to an aromatic ring is 1. The number of hydrogen-bond acceptors (Lipinski definition) is 5. The number of amides is 1. The van der Waals surface area contributed by atoms with E-state index in [-0.39, 0.29) is 11.9 Å². The molecular formula is C21H19Br2N5O. The largest absolute Gasteiger partial charge is 0.397 e. The van der Waals surface area contributed by atoms with Crippen molar-refractivity contribution in [1.29, 1.82) is 10.5 Å². The van der Waals surface area contributed by atoms with Gasteiger partial charge in [-0.1, -0.05) is 12.1 Å². The van der Waals surface area contributed by atoms with Gasteiger partial charge < -0.3 is 16.0 Å². The molecule has 148 valence electrons. The second-order valence-electron chi connectivity index (χ2n) is 6.44. The first kappa shape index (κ1) is 22.5. The molecule has 0 fully saturated rings. The normalized spacial score (nSPS) is 12.6. The van der Waals surface area contributed by atoms with Crippen molar-refractivity contribution in [2.24, 2.45) is 0 Å². The molecule has 0 unspecified atom stereocenters. The van der Waals surface area contributed by atoms with Crippen LogP contribution in [0.2, 0.25) is 0 Å². The zero-order chi connectivity index (χ0) is 21.6. The summed E-state index contributed by atoms with van der Waals surface area (Å²) in [6, 6.07) is 15.0. The summed E-state index contributed by atoms with van der Waals surface area (Å²) in [7, 11) is 0. The molecule has 8 heteroatoms. The first-order valence-electron chi connectivity index (χ1n) is 8.69. The average molecular weight is 517 g/mol. The van der Waals surface area contributed by atoms with Crippen LogP contribution >= 0.6 is 31.9 Å². The molecule has 1 aliphatic heterocycles. The average Bonchev–Trinajstić information content (AvgIpc) is 3.06. The molecule has 3 N–H and O–H groups in total. The molecular weight excluding hydrogens is 498 g/mol. The van der Waals surface area contributed by atoms with Crippen molar-refractivity contribution in [3.63, 3.8) is 0 Å². The van der Waals surface area contributed by atoms with E-state index in [1.54, 1.807) is 35.2 Å². The Balaban J connectivity index is 0.000000253. The van der Waals surface area contributed by atoms with Crippen molar-refractivity contribution in [3.05, 3.63) is 68.2 Å². The second-order valence-corrected chi connectivity index (χ2v) is 8.15. The summed E-state index contributed by atoms with van der Waals surface area (Å²) in [4.78, 5) is 13.6. The fourth-order valence-corrected chi connectivity index (χ4v) is 3.42. The fourth-order valence-electron chi connectivity index (χ4n) is 2.59. The zero-order valence-electron chi connectivity index (χ0n) is 15.9. The van der Waals surface area contributed by atoms with Crippen LogP contribution < -0.4 is 11.1 Å². The molecule has 1 aliphatic rings. The molecule has 3 rings (SSSR count). The number of nitriles is 2. The predicted molar refractivity (Wildman–Crippen MR) is 121 cm³/mol. The van der Waals surface area contributed by atoms with Gasteiger partial charge in [0.05, 0.1) is 29.0 Å². The number of para-hydroxylation sites is 2. The van der Waals surface area contributed by atoms with Crippen LogP contribution in [0.3, 0.4) is 0 Å². The van der Waals surface area contributed by atoms with Crippen LogP contribution in [0.4, 0.5) is 11.4 Å². The maximum Gasteiger partial charge on any atom is 0.248 e. The molecule has 2 aromatic carbocycles. The van der Waals surface area contributed by atoms with Gasteiger partial charge in [0.15, 0.2) is 0 Å². The molecule has 6 nitrogen and oxygen atoms in total. The van der Waals surface area contributed by atoms with E-state index in [2.05, 4.69) is 43.2 Å². The summed E-state index contributed by atoms with van der Waals surface area (Å²) >= 11 is 6.63. The van der Waals surface area contributed by atoms with Gasteiger partial charge in [-0.15, -0.1) is 0 Å². The SMILES string of the molecule is CC(C)N1CC(Nc2c(Br)cccc2C#N)=CC1=O.N#Cc1cccc(Br)c1N. The minimum absolute atomic E-state index is 0.00283. The third-order valence-corrected chi connectivity index (χ3v) is 5.49. The molecule has 1 amide bonds. The summed E-state index contributed by atoms with van der Waals surface area (Å²) in [5.74, 6) is 0.00283. The number of benzene rings is 2. The highest BCUT2D eigenvalue weighted by molar-refractivity contribution is 9.11. The van der Waals surface area contributed by atoms with Gasteiger partial charge in [0.1, 0.15) is 12.1 Å². The first-order valence-corrected chi connectivity index (χ1v) is 10.3. The molecule has 0 saturated heterocycles. The number of anilines is 2. The lowest BCUT2D eigenvalue weighted by Gasteiger charge is -2.21. The minimum Gasteiger partial charge on any atom is -0.397 e. The minimum atomic E-state index is 0.00283. The summed E-state index contributed by atoms with van der Waals surface area (Å²) < 4.78 is 1.58. The molecule has 0 aromatic heterocycles. The van der Waals surface area contributed by atoms with Crippen LogP contribution in [0.1, 0.15) is 25.0 Å². The molecule has 2 aromatic rings. The Morgan fingerprint density at radius 1 is 1.07 bits per heavy atom. The summed E-state index contributed by atoms with van der Waals surface area (Å²) in [6.45, 7) is 4.50. The lowest BCUT2D eigenvalue weighted by Crippen LogP contribution is -2.33. The van der Waals surface area contributed by atoms with Crippen molar-refractivity contribution in [2.75, 3.05) is 17.6 Å². The van der Waals surface area contributed by atoms with E-state index in [4.69, 9.17) is 16.3 Å². The van der Waals surface area contributed by atoms with E-state index < -0.39 is 0 Å². The Morgan fingerprint density at radius 3 is 2.17 bits per heavy atom. The maximum absolute atomic E-state index is 11.8. The molecule has 0 radical (unpaired) electrons. The first-order chi connectivity index (χ1) is 13.8. The van der Waals surface area contributed by atoms with Crippen molar-refractivity contribution in [2.45, 2.75) is 19.9 Å². The summed E-state index contributed by atoms with van der Waals surface area (Å²) in [5.41, 5.74) is 8.59.